The summed E-state index contributed by atoms with van der Waals surface area (Å²) in [5.74, 6) is 1.40. The van der Waals surface area contributed by atoms with Crippen molar-refractivity contribution in [3.63, 3.8) is 0 Å². The third-order valence-corrected chi connectivity index (χ3v) is 6.77. The van der Waals surface area contributed by atoms with E-state index in [1.165, 1.54) is 0 Å². The van der Waals surface area contributed by atoms with Gasteiger partial charge in [0.1, 0.15) is 5.82 Å². The van der Waals surface area contributed by atoms with E-state index in [1.54, 1.807) is 0 Å². The van der Waals surface area contributed by atoms with Crippen LogP contribution in [-0.4, -0.2) is 19.5 Å². The van der Waals surface area contributed by atoms with Gasteiger partial charge >= 0.3 is 0 Å². The summed E-state index contributed by atoms with van der Waals surface area (Å²) in [6, 6.07) is 15.9. The Hall–Kier alpha value is -2.55. The average Bonchev–Trinajstić information content (AvgIpc) is 3.44. The van der Waals surface area contributed by atoms with Crippen LogP contribution in [0.3, 0.4) is 0 Å². The molecule has 4 aromatic rings. The maximum Gasteiger partial charge on any atom is 0.161 e. The van der Waals surface area contributed by atoms with Gasteiger partial charge in [0.25, 0.3) is 0 Å². The maximum absolute atomic E-state index is 5.94. The molecule has 0 bridgehead atoms. The van der Waals surface area contributed by atoms with Crippen molar-refractivity contribution in [3.8, 4) is 22.5 Å². The van der Waals surface area contributed by atoms with E-state index >= 15 is 0 Å². The van der Waals surface area contributed by atoms with Gasteiger partial charge in [0.2, 0.25) is 0 Å². The van der Waals surface area contributed by atoms with Crippen LogP contribution in [0.1, 0.15) is 11.3 Å². The molecule has 0 aliphatic carbocycles. The molecule has 0 saturated heterocycles. The molecule has 0 amide bonds. The van der Waals surface area contributed by atoms with Crippen LogP contribution in [-0.2, 0) is 18.0 Å². The highest BCUT2D eigenvalue weighted by molar-refractivity contribution is 14.2. The van der Waals surface area contributed by atoms with E-state index in [2.05, 4.69) is 50.8 Å². The molecule has 0 fully saturated rings. The van der Waals surface area contributed by atoms with Gasteiger partial charge < -0.3 is 15.8 Å². The Morgan fingerprint density at radius 2 is 1.90 bits per heavy atom. The van der Waals surface area contributed by atoms with Crippen molar-refractivity contribution in [2.24, 2.45) is 0 Å². The fraction of sp³-hybridized carbons (Fsp3) is 0.0952. The number of anilines is 3. The summed E-state index contributed by atoms with van der Waals surface area (Å²) < 4.78 is 7.56. The summed E-state index contributed by atoms with van der Waals surface area (Å²) in [5, 5.41) is 7.79. The van der Waals surface area contributed by atoms with Crippen molar-refractivity contribution >= 4 is 45.6 Å². The molecule has 1 atom stereocenters. The van der Waals surface area contributed by atoms with Gasteiger partial charge in [-0.15, -0.1) is 0 Å². The molecule has 5 rings (SSSR count). The van der Waals surface area contributed by atoms with Crippen LogP contribution < -0.4 is 11.1 Å². The molecule has 150 valence electrons. The number of halogens is 1. The molecule has 0 radical (unpaired) electrons. The SMILES string of the molecule is Nc1cccc(-c2nc3c(c(Nc4ccc(-c5cnn(PI)c5)cc4)n2)COC3)c1. The van der Waals surface area contributed by atoms with Gasteiger partial charge in [-0.3, -0.25) is 0 Å². The summed E-state index contributed by atoms with van der Waals surface area (Å²) in [7, 11) is 0. The number of aromatic nitrogens is 4. The lowest BCUT2D eigenvalue weighted by molar-refractivity contribution is 0.133. The Kier molecular flexibility index (Phi) is 5.37. The number of hydrogen-bond donors (Lipinski definition) is 2. The molecule has 3 N–H and O–H groups in total. The minimum atomic E-state index is 0.488. The lowest BCUT2D eigenvalue weighted by Crippen LogP contribution is -2.04. The average molecular weight is 528 g/mol. The smallest absolute Gasteiger partial charge is 0.161 e. The highest BCUT2D eigenvalue weighted by Crippen LogP contribution is 2.31. The fourth-order valence-corrected chi connectivity index (χ4v) is 4.44. The summed E-state index contributed by atoms with van der Waals surface area (Å²) >= 11 is 2.32. The number of benzene rings is 2. The number of nitrogen functional groups attached to an aromatic ring is 1. The molecular formula is C21H18IN6OP. The second kappa shape index (κ2) is 8.29. The quantitative estimate of drug-likeness (QED) is 0.212. The molecule has 1 unspecified atom stereocenters. The maximum atomic E-state index is 5.94. The summed E-state index contributed by atoms with van der Waals surface area (Å²) in [4.78, 5) is 9.47. The lowest BCUT2D eigenvalue weighted by Gasteiger charge is -2.12. The number of ether oxygens (including phenoxy) is 1. The Labute approximate surface area is 188 Å². The Morgan fingerprint density at radius 1 is 1.03 bits per heavy atom. The zero-order valence-electron chi connectivity index (χ0n) is 15.8. The molecule has 2 aromatic carbocycles. The van der Waals surface area contributed by atoms with Crippen LogP contribution >= 0.6 is 28.4 Å². The van der Waals surface area contributed by atoms with Gasteiger partial charge in [-0.1, -0.05) is 24.3 Å². The normalized spacial score (nSPS) is 13.1. The number of nitrogens with two attached hydrogens (primary N) is 1. The van der Waals surface area contributed by atoms with Crippen molar-refractivity contribution in [2.75, 3.05) is 11.1 Å². The zero-order chi connectivity index (χ0) is 20.5. The van der Waals surface area contributed by atoms with Gasteiger partial charge in [-0.05, 0) is 51.9 Å². The number of rotatable bonds is 5. The zero-order valence-corrected chi connectivity index (χ0v) is 19.0. The molecule has 2 aromatic heterocycles. The van der Waals surface area contributed by atoms with Crippen molar-refractivity contribution in [2.45, 2.75) is 13.2 Å². The van der Waals surface area contributed by atoms with Crippen LogP contribution in [0.5, 0.6) is 0 Å². The minimum absolute atomic E-state index is 0.488. The molecular weight excluding hydrogens is 510 g/mol. The van der Waals surface area contributed by atoms with E-state index < -0.39 is 0 Å². The third-order valence-electron chi connectivity index (χ3n) is 4.87. The molecule has 3 heterocycles. The standard InChI is InChI=1S/C21H18IN6OP/c22-30-28-10-15(9-24-28)13-4-6-17(7-5-13)25-21-18-11-29-12-19(18)26-20(27-21)14-2-1-3-16(23)8-14/h1-10,30H,11-12,23H2,(H,25,26,27). The first-order valence-electron chi connectivity index (χ1n) is 9.32. The first kappa shape index (κ1) is 19.4. The minimum Gasteiger partial charge on any atom is -0.399 e. The monoisotopic (exact) mass is 528 g/mol. The van der Waals surface area contributed by atoms with E-state index in [9.17, 15) is 0 Å². The third kappa shape index (κ3) is 3.90. The van der Waals surface area contributed by atoms with E-state index in [0.717, 1.165) is 39.5 Å². The summed E-state index contributed by atoms with van der Waals surface area (Å²) in [5.41, 5.74) is 12.6. The first-order valence-corrected chi connectivity index (χ1v) is 13.4. The van der Waals surface area contributed by atoms with Crippen molar-refractivity contribution in [1.29, 1.82) is 0 Å². The van der Waals surface area contributed by atoms with Crippen LogP contribution in [0, 0.1) is 0 Å². The van der Waals surface area contributed by atoms with Crippen molar-refractivity contribution < 1.29 is 4.74 Å². The predicted molar refractivity (Wildman–Crippen MR) is 129 cm³/mol. The second-order valence-corrected chi connectivity index (χ2v) is 8.97. The largest absolute Gasteiger partial charge is 0.399 e. The molecule has 30 heavy (non-hydrogen) atoms. The Bertz CT molecular complexity index is 1210. The van der Waals surface area contributed by atoms with Gasteiger partial charge in [-0.25, -0.2) is 14.4 Å². The predicted octanol–water partition coefficient (Wildman–Crippen LogP) is 5.15. The summed E-state index contributed by atoms with van der Waals surface area (Å²) in [6.07, 6.45) is 4.54. The highest BCUT2D eigenvalue weighted by Gasteiger charge is 2.21. The molecule has 7 nitrogen and oxygen atoms in total. The second-order valence-electron chi connectivity index (χ2n) is 6.90. The van der Waals surface area contributed by atoms with E-state index in [1.807, 2.05) is 47.0 Å². The topological polar surface area (TPSA) is 90.9 Å². The van der Waals surface area contributed by atoms with Gasteiger partial charge in [0, 0.05) is 34.3 Å². The van der Waals surface area contributed by atoms with E-state index in [0.29, 0.717) is 31.1 Å². The van der Waals surface area contributed by atoms with Crippen LogP contribution in [0.25, 0.3) is 22.5 Å². The Morgan fingerprint density at radius 3 is 2.67 bits per heavy atom. The van der Waals surface area contributed by atoms with Crippen LogP contribution in [0.4, 0.5) is 17.2 Å². The van der Waals surface area contributed by atoms with Crippen LogP contribution in [0.15, 0.2) is 60.9 Å². The van der Waals surface area contributed by atoms with Crippen molar-refractivity contribution in [3.05, 3.63) is 72.2 Å². The lowest BCUT2D eigenvalue weighted by atomic mass is 10.1. The molecule has 0 spiro atoms. The summed E-state index contributed by atoms with van der Waals surface area (Å²) in [6.45, 7) is 0.992. The van der Waals surface area contributed by atoms with Gasteiger partial charge in [-0.2, -0.15) is 5.10 Å². The first-order chi connectivity index (χ1) is 14.7. The number of hydrogen-bond acceptors (Lipinski definition) is 6. The van der Waals surface area contributed by atoms with Gasteiger partial charge in [0.15, 0.2) is 5.82 Å². The number of fused-ring (bicyclic) bond motifs is 1. The van der Waals surface area contributed by atoms with E-state index in [4.69, 9.17) is 20.4 Å². The van der Waals surface area contributed by atoms with Crippen LogP contribution in [0.2, 0.25) is 0 Å². The number of nitrogens with zero attached hydrogens (tertiary/aromatic N) is 4. The molecule has 1 aliphatic rings. The van der Waals surface area contributed by atoms with Gasteiger partial charge in [0.05, 0.1) is 31.5 Å². The fourth-order valence-electron chi connectivity index (χ4n) is 3.36. The van der Waals surface area contributed by atoms with Crippen molar-refractivity contribution in [1.82, 2.24) is 19.5 Å². The molecule has 1 aliphatic heterocycles. The van der Waals surface area contributed by atoms with E-state index in [-0.39, 0.29) is 0 Å². The molecule has 0 saturated carbocycles. The molecule has 9 heteroatoms. The number of nitrogens with one attached hydrogen (secondary N) is 1. The Balaban J connectivity index is 1.45. The highest BCUT2D eigenvalue weighted by atomic mass is 127.